The van der Waals surface area contributed by atoms with Crippen molar-refractivity contribution in [3.8, 4) is 11.1 Å². The quantitative estimate of drug-likeness (QED) is 0.363. The summed E-state index contributed by atoms with van der Waals surface area (Å²) in [6.07, 6.45) is 0.874. The Kier molecular flexibility index (Phi) is 7.71. The van der Waals surface area contributed by atoms with Gasteiger partial charge in [-0.05, 0) is 60.7 Å². The van der Waals surface area contributed by atoms with Crippen LogP contribution in [0.2, 0.25) is 0 Å². The van der Waals surface area contributed by atoms with Crippen LogP contribution in [0.25, 0.3) is 11.1 Å². The van der Waals surface area contributed by atoms with Crippen molar-refractivity contribution in [1.29, 1.82) is 0 Å². The average Bonchev–Trinajstić information content (AvgIpc) is 2.87. The fourth-order valence-corrected chi connectivity index (χ4v) is 4.73. The largest absolute Gasteiger partial charge is 0.438 e. The summed E-state index contributed by atoms with van der Waals surface area (Å²) < 4.78 is 47.0. The summed E-state index contributed by atoms with van der Waals surface area (Å²) in [6, 6.07) is 15.4. The lowest BCUT2D eigenvalue weighted by Crippen LogP contribution is -2.49. The number of nitrogens with one attached hydrogen (secondary N) is 1. The maximum absolute atomic E-state index is 14.2. The SMILES string of the molecule is C[C@@H](c1ccc(-c2ccc(F)cc2F)cc1)N1CCC(CCCNC(N)=O)(c2ccc(F)cc2)OC1=O. The number of urea groups is 1. The van der Waals surface area contributed by atoms with Gasteiger partial charge in [0.05, 0.1) is 6.04 Å². The molecule has 6 nitrogen and oxygen atoms in total. The maximum Gasteiger partial charge on any atom is 0.411 e. The van der Waals surface area contributed by atoms with E-state index in [1.54, 1.807) is 41.3 Å². The van der Waals surface area contributed by atoms with E-state index in [0.717, 1.165) is 11.6 Å². The predicted octanol–water partition coefficient (Wildman–Crippen LogP) is 6.02. The number of benzene rings is 3. The molecule has 0 saturated carbocycles. The number of ether oxygens (including phenoxy) is 1. The van der Waals surface area contributed by atoms with Gasteiger partial charge in [-0.15, -0.1) is 0 Å². The molecule has 3 aromatic rings. The highest BCUT2D eigenvalue weighted by Gasteiger charge is 2.43. The number of hydrogen-bond donors (Lipinski definition) is 2. The third kappa shape index (κ3) is 5.87. The van der Waals surface area contributed by atoms with Gasteiger partial charge >= 0.3 is 12.1 Å². The number of halogens is 3. The maximum atomic E-state index is 14.2. The number of carbonyl (C=O) groups excluding carboxylic acids is 2. The van der Waals surface area contributed by atoms with Gasteiger partial charge in [0.2, 0.25) is 0 Å². The molecule has 2 atom stereocenters. The summed E-state index contributed by atoms with van der Waals surface area (Å²) in [7, 11) is 0. The van der Waals surface area contributed by atoms with Gasteiger partial charge < -0.3 is 20.7 Å². The lowest BCUT2D eigenvalue weighted by Gasteiger charge is -2.43. The normalized spacial score (nSPS) is 18.3. The van der Waals surface area contributed by atoms with Crippen LogP contribution in [0.3, 0.4) is 0 Å². The Morgan fingerprint density at radius 2 is 1.73 bits per heavy atom. The van der Waals surface area contributed by atoms with Crippen molar-refractivity contribution in [2.24, 2.45) is 5.73 Å². The molecule has 0 bridgehead atoms. The van der Waals surface area contributed by atoms with Crippen molar-refractivity contribution in [3.05, 3.63) is 95.3 Å². The topological polar surface area (TPSA) is 84.7 Å². The van der Waals surface area contributed by atoms with Crippen molar-refractivity contribution >= 4 is 12.1 Å². The summed E-state index contributed by atoms with van der Waals surface area (Å²) in [6.45, 7) is 2.57. The Hall–Kier alpha value is -4.01. The number of nitrogens with two attached hydrogens (primary N) is 1. The number of hydrogen-bond acceptors (Lipinski definition) is 3. The minimum Gasteiger partial charge on any atom is -0.438 e. The summed E-state index contributed by atoms with van der Waals surface area (Å²) >= 11 is 0. The van der Waals surface area contributed by atoms with Crippen LogP contribution in [0, 0.1) is 17.5 Å². The van der Waals surface area contributed by atoms with E-state index >= 15 is 0 Å². The van der Waals surface area contributed by atoms with E-state index in [-0.39, 0.29) is 11.6 Å². The molecule has 1 aliphatic heterocycles. The second kappa shape index (κ2) is 10.9. The Morgan fingerprint density at radius 1 is 1.05 bits per heavy atom. The zero-order chi connectivity index (χ0) is 26.6. The summed E-state index contributed by atoms with van der Waals surface area (Å²) in [4.78, 5) is 25.9. The van der Waals surface area contributed by atoms with Crippen LogP contribution in [0.5, 0.6) is 0 Å². The minimum atomic E-state index is -0.968. The second-order valence-electron chi connectivity index (χ2n) is 9.13. The van der Waals surface area contributed by atoms with Crippen LogP contribution >= 0.6 is 0 Å². The smallest absolute Gasteiger partial charge is 0.411 e. The van der Waals surface area contributed by atoms with Crippen LogP contribution in [-0.4, -0.2) is 30.1 Å². The Morgan fingerprint density at radius 3 is 2.35 bits per heavy atom. The molecule has 0 radical (unpaired) electrons. The van der Waals surface area contributed by atoms with Crippen LogP contribution in [0.4, 0.5) is 22.8 Å². The minimum absolute atomic E-state index is 0.285. The van der Waals surface area contributed by atoms with Crippen molar-refractivity contribution in [2.45, 2.75) is 37.8 Å². The van der Waals surface area contributed by atoms with Crippen molar-refractivity contribution < 1.29 is 27.5 Å². The standard InChI is InChI=1S/C28H28F3N3O3/c1-18(19-3-5-20(6-4-19)24-12-11-23(30)17-25(24)31)34-16-14-28(37-27(34)36,13-2-15-33-26(32)35)21-7-9-22(29)10-8-21/h3-12,17-18H,2,13-16H2,1H3,(H3,32,33,35)/t18-,28?/m0/s1. The molecule has 1 aliphatic rings. The molecule has 37 heavy (non-hydrogen) atoms. The number of carbonyl (C=O) groups is 2. The van der Waals surface area contributed by atoms with Crippen molar-refractivity contribution in [1.82, 2.24) is 10.2 Å². The van der Waals surface area contributed by atoms with Gasteiger partial charge in [0, 0.05) is 31.1 Å². The summed E-state index contributed by atoms with van der Waals surface area (Å²) in [5, 5.41) is 2.53. The number of nitrogens with zero attached hydrogens (tertiary/aromatic N) is 1. The van der Waals surface area contributed by atoms with E-state index in [0.29, 0.717) is 43.5 Å². The molecule has 1 saturated heterocycles. The van der Waals surface area contributed by atoms with E-state index in [1.165, 1.54) is 24.3 Å². The lowest BCUT2D eigenvalue weighted by atomic mass is 9.84. The molecule has 4 rings (SSSR count). The van der Waals surface area contributed by atoms with E-state index < -0.39 is 35.2 Å². The van der Waals surface area contributed by atoms with Gasteiger partial charge in [-0.2, -0.15) is 0 Å². The molecule has 1 unspecified atom stereocenters. The molecular formula is C28H28F3N3O3. The zero-order valence-electron chi connectivity index (χ0n) is 20.3. The van der Waals surface area contributed by atoms with Crippen LogP contribution in [0.1, 0.15) is 43.4 Å². The van der Waals surface area contributed by atoms with Gasteiger partial charge in [0.25, 0.3) is 0 Å². The highest BCUT2D eigenvalue weighted by Crippen LogP contribution is 2.40. The van der Waals surface area contributed by atoms with Gasteiger partial charge in [-0.3, -0.25) is 0 Å². The first-order chi connectivity index (χ1) is 17.7. The monoisotopic (exact) mass is 511 g/mol. The number of amides is 3. The molecule has 3 N–H and O–H groups in total. The molecular weight excluding hydrogens is 483 g/mol. The third-order valence-corrected chi connectivity index (χ3v) is 6.80. The first-order valence-electron chi connectivity index (χ1n) is 12.0. The van der Waals surface area contributed by atoms with Crippen LogP contribution in [-0.2, 0) is 10.3 Å². The average molecular weight is 512 g/mol. The first kappa shape index (κ1) is 26.1. The number of rotatable bonds is 8. The lowest BCUT2D eigenvalue weighted by molar-refractivity contribution is -0.0663. The first-order valence-corrected chi connectivity index (χ1v) is 12.0. The molecule has 0 aromatic heterocycles. The molecule has 3 amide bonds. The molecule has 1 fully saturated rings. The van der Waals surface area contributed by atoms with Gasteiger partial charge in [-0.25, -0.2) is 22.8 Å². The molecule has 0 spiro atoms. The fourth-order valence-electron chi connectivity index (χ4n) is 4.73. The van der Waals surface area contributed by atoms with Crippen molar-refractivity contribution in [3.63, 3.8) is 0 Å². The number of cyclic esters (lactones) is 1. The number of primary amides is 1. The Labute approximate surface area is 213 Å². The molecule has 194 valence electrons. The third-order valence-electron chi connectivity index (χ3n) is 6.80. The van der Waals surface area contributed by atoms with Gasteiger partial charge in [0.1, 0.15) is 23.1 Å². The van der Waals surface area contributed by atoms with E-state index in [2.05, 4.69) is 5.32 Å². The second-order valence-corrected chi connectivity index (χ2v) is 9.13. The highest BCUT2D eigenvalue weighted by molar-refractivity contribution is 5.71. The highest BCUT2D eigenvalue weighted by atomic mass is 19.1. The Balaban J connectivity index is 1.50. The molecule has 3 aromatic carbocycles. The van der Waals surface area contributed by atoms with E-state index in [1.807, 2.05) is 6.92 Å². The van der Waals surface area contributed by atoms with Crippen LogP contribution < -0.4 is 11.1 Å². The summed E-state index contributed by atoms with van der Waals surface area (Å²) in [5.41, 5.74) is 6.55. The van der Waals surface area contributed by atoms with Crippen molar-refractivity contribution in [2.75, 3.05) is 13.1 Å². The summed E-state index contributed by atoms with van der Waals surface area (Å²) in [5.74, 6) is -1.69. The van der Waals surface area contributed by atoms with E-state index in [4.69, 9.17) is 10.5 Å². The predicted molar refractivity (Wildman–Crippen MR) is 133 cm³/mol. The molecule has 0 aliphatic carbocycles. The zero-order valence-corrected chi connectivity index (χ0v) is 20.3. The van der Waals surface area contributed by atoms with Gasteiger partial charge in [0.15, 0.2) is 0 Å². The van der Waals surface area contributed by atoms with E-state index in [9.17, 15) is 22.8 Å². The molecule has 9 heteroatoms. The fraction of sp³-hybridized carbons (Fsp3) is 0.286. The van der Waals surface area contributed by atoms with Gasteiger partial charge in [-0.1, -0.05) is 36.4 Å². The van der Waals surface area contributed by atoms with Crippen LogP contribution in [0.15, 0.2) is 66.7 Å². The molecule has 1 heterocycles. The Bertz CT molecular complexity index is 1270.